The van der Waals surface area contributed by atoms with Crippen molar-refractivity contribution in [2.75, 3.05) is 0 Å². The van der Waals surface area contributed by atoms with Gasteiger partial charge in [0.2, 0.25) is 0 Å². The van der Waals surface area contributed by atoms with E-state index in [4.69, 9.17) is 33.2 Å². The number of carbonyl (C=O) groups is 10. The molecule has 7 heterocycles. The number of aliphatic hydroxyl groups is 3. The van der Waals surface area contributed by atoms with Gasteiger partial charge in [-0.3, -0.25) is 14.4 Å². The summed E-state index contributed by atoms with van der Waals surface area (Å²) in [4.78, 5) is 117. The average molecular weight is 1720 g/mol. The number of ketones is 3. The standard InChI is InChI=1S/C15H20O4.C15H18O3.C15H16O3.2C15H20O3.2C15H20O2/c1-7-9-4-5-15(3)11(17)6-10(16)8(2)12(15)13(9)19-14(7)18;1-8-10-4-6-15(3)7-5-11(16)9(2)12(15)13(10)18-14(8)17;1-8-10-6-11-9(2)12(16)4-5-15(11,3)7-13(10)18-14(8)17;2*1-8-4-5-11(16)15(3)7-6-10-9(2)14(17)18-13(10)12(8)15;2*1-9-5-4-6-15(3)8-13-11(7-12(9)15)10(2)14(16)17-13/h8-9,11-13,17H,1,4-6H2,2-3H3;5,7,9-10,12-13H,1,4,6H2,2-3H3;4-5,10-11,13H,1-2,6-7H2,3H3;4,10-13,16H,2,5-7H2,1,3H3;10-13,16H,1-2,4-7H2,3H3;7,9,11,13H,2,4-6,8H2,1,3H3;11-13H,1-2,4-8H2,3H3/t8-,9+,11-,12-,13+,15+;9-,10+,12-,13+,15+;10-,11+,13-,15-;2*10-,11+,12+,13-,15-;9-,11+,13+,15+;11-,12+,13-,15-/m1110001/s1. The van der Waals surface area contributed by atoms with Crippen molar-refractivity contribution >= 4 is 59.1 Å². The van der Waals surface area contributed by atoms with E-state index in [2.05, 4.69) is 133 Å². The normalized spacial score (nSPS) is 46.3. The molecular formula is C105H134O20. The summed E-state index contributed by atoms with van der Waals surface area (Å²) in [6.45, 7) is 62.8. The van der Waals surface area contributed by atoms with Gasteiger partial charge in [0.15, 0.2) is 11.6 Å². The van der Waals surface area contributed by atoms with Gasteiger partial charge in [-0.1, -0.05) is 188 Å². The highest BCUT2D eigenvalue weighted by atomic mass is 16.6. The van der Waals surface area contributed by atoms with E-state index < -0.39 is 6.10 Å². The van der Waals surface area contributed by atoms with Gasteiger partial charge in [0.25, 0.3) is 0 Å². The van der Waals surface area contributed by atoms with E-state index >= 15 is 0 Å². The highest BCUT2D eigenvalue weighted by Gasteiger charge is 2.65. The van der Waals surface area contributed by atoms with Crippen molar-refractivity contribution in [1.29, 1.82) is 0 Å². The van der Waals surface area contributed by atoms with Crippen LogP contribution in [0.15, 0.2) is 169 Å². The number of esters is 7. The lowest BCUT2D eigenvalue weighted by Gasteiger charge is -2.53. The Morgan fingerprint density at radius 3 is 1.48 bits per heavy atom. The Bertz CT molecular complexity index is 4840. The number of fused-ring (bicyclic) bond motifs is 18. The van der Waals surface area contributed by atoms with E-state index in [0.717, 1.165) is 108 Å². The van der Waals surface area contributed by atoms with E-state index in [-0.39, 0.29) is 236 Å². The van der Waals surface area contributed by atoms with E-state index in [0.29, 0.717) is 68.3 Å². The van der Waals surface area contributed by atoms with Crippen LogP contribution in [0.2, 0.25) is 0 Å². The second-order valence-electron chi connectivity index (χ2n) is 43.3. The quantitative estimate of drug-likeness (QED) is 0.0878. The van der Waals surface area contributed by atoms with Gasteiger partial charge < -0.3 is 48.5 Å². The first kappa shape index (κ1) is 91.3. The molecule has 21 aliphatic rings. The molecule has 0 aromatic rings. The maximum absolute atomic E-state index is 12.0. The third-order valence-electron chi connectivity index (χ3n) is 36.1. The number of hydrogen-bond acceptors (Lipinski definition) is 20. The Morgan fingerprint density at radius 2 is 0.888 bits per heavy atom. The van der Waals surface area contributed by atoms with Crippen LogP contribution in [-0.2, 0) is 81.1 Å². The van der Waals surface area contributed by atoms with E-state index in [1.54, 1.807) is 17.7 Å². The molecule has 0 aromatic carbocycles. The second-order valence-corrected chi connectivity index (χ2v) is 43.3. The zero-order valence-electron chi connectivity index (χ0n) is 75.6. The van der Waals surface area contributed by atoms with E-state index in [1.807, 2.05) is 32.9 Å². The lowest BCUT2D eigenvalue weighted by molar-refractivity contribution is -0.173. The highest BCUT2D eigenvalue weighted by molar-refractivity contribution is 6.05. The van der Waals surface area contributed by atoms with Gasteiger partial charge in [-0.2, -0.15) is 0 Å². The van der Waals surface area contributed by atoms with Crippen LogP contribution in [0.1, 0.15) is 224 Å². The molecule has 3 N–H and O–H groups in total. The monoisotopic (exact) mass is 1710 g/mol. The van der Waals surface area contributed by atoms with Crippen molar-refractivity contribution in [3.05, 3.63) is 169 Å². The van der Waals surface area contributed by atoms with Crippen LogP contribution in [0.3, 0.4) is 0 Å². The van der Waals surface area contributed by atoms with Gasteiger partial charge in [-0.15, -0.1) is 0 Å². The summed E-state index contributed by atoms with van der Waals surface area (Å²) in [5.41, 5.74) is 9.91. The number of rotatable bonds is 0. The van der Waals surface area contributed by atoms with Crippen molar-refractivity contribution in [2.45, 2.75) is 285 Å². The zero-order chi connectivity index (χ0) is 90.7. The maximum Gasteiger partial charge on any atom is 0.334 e. The van der Waals surface area contributed by atoms with Crippen LogP contribution in [0.4, 0.5) is 0 Å². The maximum atomic E-state index is 12.0. The minimum atomic E-state index is -0.630. The molecule has 674 valence electrons. The Morgan fingerprint density at radius 1 is 0.408 bits per heavy atom. The van der Waals surface area contributed by atoms with Gasteiger partial charge in [0.05, 0.1) is 18.3 Å². The molecule has 0 radical (unpaired) electrons. The molecule has 0 aromatic heterocycles. The predicted molar refractivity (Wildman–Crippen MR) is 470 cm³/mol. The SMILES string of the molecule is C=C1C(=O)O[C@@H]2C[C@@]3(C)C=CC(=O)C(=C)[C@@H]3C[C@H]12.C=C1C(=O)O[C@@H]2C[C@@]3(C)CCCC(=C)[C@@H]3C[C@H]12.C=C1C(=O)O[C@@H]2C[C@@]3(C)CCC[C@H](C)C3=C[C@H]12.C=C1C(=O)O[C@@H]2[C@H]3C(C)=CC[C@@H](O)[C@]3(C)CC[C@@H]12.C=C1C(=O)O[C@@H]2[C@H]3[C@H](C)C(=O)C=C[C@]3(C)CC[C@@H]12.C=C1C(=O)O[C@@H]2[C@H]3[C@H](C)C(=O)C[C@@H](O)[C@]3(C)CC[C@@H]12.C=C1CC[C@@H](O)[C@]2(C)CC[C@H]3C(=C)C(=O)O[C@@H]3[C@@H]12. The molecule has 0 bridgehead atoms. The molecule has 10 saturated carbocycles. The van der Waals surface area contributed by atoms with Crippen molar-refractivity contribution in [1.82, 2.24) is 0 Å². The van der Waals surface area contributed by atoms with Crippen molar-refractivity contribution in [2.24, 2.45) is 133 Å². The molecule has 0 spiro atoms. The Balaban J connectivity index is 0.000000113. The molecular weight excluding hydrogens is 1580 g/mol. The molecule has 125 heavy (non-hydrogen) atoms. The van der Waals surface area contributed by atoms with Crippen LogP contribution in [0.25, 0.3) is 0 Å². The number of Topliss-reactive ketones (excluding diaryl/α,β-unsaturated/α-hetero) is 1. The Labute approximate surface area is 738 Å². The van der Waals surface area contributed by atoms with E-state index in [9.17, 15) is 63.3 Å². The number of allylic oxidation sites excluding steroid dienone is 7. The Hall–Kier alpha value is -8.46. The first-order valence-electron chi connectivity index (χ1n) is 46.4. The lowest BCUT2D eigenvalue weighted by Crippen LogP contribution is -2.58. The number of ether oxygens (including phenoxy) is 7. The number of hydrogen-bond donors (Lipinski definition) is 3. The van der Waals surface area contributed by atoms with Gasteiger partial charge >= 0.3 is 41.8 Å². The lowest BCUT2D eigenvalue weighted by atomic mass is 9.52. The fourth-order valence-electron chi connectivity index (χ4n) is 28.1. The summed E-state index contributed by atoms with van der Waals surface area (Å²) < 4.78 is 38.3. The zero-order valence-corrected chi connectivity index (χ0v) is 75.6. The molecule has 7 aliphatic heterocycles. The minimum absolute atomic E-state index is 0.00628. The van der Waals surface area contributed by atoms with Gasteiger partial charge in [-0.05, 0) is 199 Å². The van der Waals surface area contributed by atoms with Crippen molar-refractivity contribution in [3.8, 4) is 0 Å². The summed E-state index contributed by atoms with van der Waals surface area (Å²) in [5.74, 6) is 0.588. The third-order valence-corrected chi connectivity index (χ3v) is 36.1. The summed E-state index contributed by atoms with van der Waals surface area (Å²) in [6, 6.07) is 0. The molecule has 33 atom stereocenters. The minimum Gasteiger partial charge on any atom is -0.458 e. The molecule has 21 rings (SSSR count). The smallest absolute Gasteiger partial charge is 0.334 e. The van der Waals surface area contributed by atoms with Gasteiger partial charge in [0, 0.05) is 139 Å². The number of aliphatic hydroxyl groups excluding tert-OH is 3. The van der Waals surface area contributed by atoms with Gasteiger partial charge in [0.1, 0.15) is 48.5 Å². The average Bonchev–Trinajstić information content (AvgIpc) is 1.65. The molecule has 7 saturated heterocycles. The van der Waals surface area contributed by atoms with Crippen molar-refractivity contribution in [3.63, 3.8) is 0 Å². The summed E-state index contributed by atoms with van der Waals surface area (Å²) in [7, 11) is 0. The summed E-state index contributed by atoms with van der Waals surface area (Å²) >= 11 is 0. The van der Waals surface area contributed by atoms with Crippen LogP contribution in [0, 0.1) is 133 Å². The van der Waals surface area contributed by atoms with Crippen LogP contribution < -0.4 is 0 Å². The molecule has 20 nitrogen and oxygen atoms in total. The van der Waals surface area contributed by atoms with Gasteiger partial charge in [-0.25, -0.2) is 33.6 Å². The molecule has 0 amide bonds. The molecule has 17 fully saturated rings. The van der Waals surface area contributed by atoms with Crippen molar-refractivity contribution < 1.29 is 96.4 Å². The molecule has 14 aliphatic carbocycles. The predicted octanol–water partition coefficient (Wildman–Crippen LogP) is 16.8. The Kier molecular flexibility index (Phi) is 24.3. The highest BCUT2D eigenvalue weighted by Crippen LogP contribution is 2.64. The first-order chi connectivity index (χ1) is 58.6. The van der Waals surface area contributed by atoms with Crippen LogP contribution in [0.5, 0.6) is 0 Å². The second kappa shape index (κ2) is 33.2. The fraction of sp³-hybridized carbons (Fsp3) is 0.638. The summed E-state index contributed by atoms with van der Waals surface area (Å²) in [5, 5.41) is 31.0. The summed E-state index contributed by atoms with van der Waals surface area (Å²) in [6.07, 6.45) is 31.3. The third kappa shape index (κ3) is 15.4. The van der Waals surface area contributed by atoms with Crippen LogP contribution in [-0.4, -0.2) is 135 Å². The fourth-order valence-corrected chi connectivity index (χ4v) is 28.1. The largest absolute Gasteiger partial charge is 0.458 e. The first-order valence-corrected chi connectivity index (χ1v) is 46.4. The van der Waals surface area contributed by atoms with Crippen LogP contribution >= 0.6 is 0 Å². The molecule has 0 unspecified atom stereocenters. The topological polar surface area (TPSA) is 296 Å². The molecule has 20 heteroatoms. The number of carbonyl (C=O) groups excluding carboxylic acids is 10. The van der Waals surface area contributed by atoms with E-state index in [1.165, 1.54) is 43.3 Å².